The van der Waals surface area contributed by atoms with Crippen LogP contribution in [0.5, 0.6) is 5.75 Å². The molecule has 0 bridgehead atoms. The van der Waals surface area contributed by atoms with Crippen LogP contribution in [0.3, 0.4) is 0 Å². The molecule has 4 rings (SSSR count). The van der Waals surface area contributed by atoms with E-state index in [1.165, 1.54) is 0 Å². The first kappa shape index (κ1) is 20.6. The molecule has 0 spiro atoms. The lowest BCUT2D eigenvalue weighted by atomic mass is 9.97. The summed E-state index contributed by atoms with van der Waals surface area (Å²) in [5.74, 6) is 0.202. The van der Waals surface area contributed by atoms with E-state index in [1.807, 2.05) is 66.7 Å². The van der Waals surface area contributed by atoms with E-state index >= 15 is 0 Å². The van der Waals surface area contributed by atoms with Gasteiger partial charge in [0.05, 0.1) is 19.1 Å². The quantitative estimate of drug-likeness (QED) is 0.642. The summed E-state index contributed by atoms with van der Waals surface area (Å²) in [6.45, 7) is 0.869. The number of hydrogen-bond acceptors (Lipinski definition) is 4. The van der Waals surface area contributed by atoms with E-state index in [2.05, 4.69) is 10.3 Å². The first-order chi connectivity index (χ1) is 15.1. The van der Waals surface area contributed by atoms with Gasteiger partial charge >= 0.3 is 0 Å². The Morgan fingerprint density at radius 3 is 2.68 bits per heavy atom. The number of ether oxygens (including phenoxy) is 1. The summed E-state index contributed by atoms with van der Waals surface area (Å²) in [4.78, 5) is 31.5. The molecule has 31 heavy (non-hydrogen) atoms. The van der Waals surface area contributed by atoms with Gasteiger partial charge < -0.3 is 15.0 Å². The summed E-state index contributed by atoms with van der Waals surface area (Å²) in [5, 5.41) is 3.16. The van der Waals surface area contributed by atoms with E-state index in [0.29, 0.717) is 13.1 Å². The number of methoxy groups -OCH3 is 1. The van der Waals surface area contributed by atoms with Crippen LogP contribution in [0.15, 0.2) is 79.1 Å². The lowest BCUT2D eigenvalue weighted by Gasteiger charge is -2.22. The van der Waals surface area contributed by atoms with Crippen LogP contribution in [0.4, 0.5) is 0 Å². The molecule has 2 atom stereocenters. The van der Waals surface area contributed by atoms with E-state index in [1.54, 1.807) is 24.4 Å². The van der Waals surface area contributed by atoms with Crippen molar-refractivity contribution < 1.29 is 14.3 Å². The van der Waals surface area contributed by atoms with E-state index in [0.717, 1.165) is 22.4 Å². The van der Waals surface area contributed by atoms with Gasteiger partial charge in [-0.15, -0.1) is 0 Å². The Labute approximate surface area is 181 Å². The van der Waals surface area contributed by atoms with Gasteiger partial charge in [0.2, 0.25) is 11.8 Å². The first-order valence-electron chi connectivity index (χ1n) is 10.3. The van der Waals surface area contributed by atoms with Gasteiger partial charge in [-0.2, -0.15) is 0 Å². The maximum Gasteiger partial charge on any atom is 0.226 e. The molecule has 158 valence electrons. The minimum Gasteiger partial charge on any atom is -0.497 e. The lowest BCUT2D eigenvalue weighted by Crippen LogP contribution is -2.36. The Morgan fingerprint density at radius 2 is 1.94 bits per heavy atom. The van der Waals surface area contributed by atoms with Gasteiger partial charge in [0.15, 0.2) is 0 Å². The number of benzene rings is 2. The summed E-state index contributed by atoms with van der Waals surface area (Å²) in [6.07, 6.45) is 3.66. The van der Waals surface area contributed by atoms with E-state index in [4.69, 9.17) is 4.74 Å². The van der Waals surface area contributed by atoms with E-state index < -0.39 is 0 Å². The third kappa shape index (κ3) is 4.91. The zero-order valence-corrected chi connectivity index (χ0v) is 17.4. The van der Waals surface area contributed by atoms with Crippen molar-refractivity contribution in [3.63, 3.8) is 0 Å². The Bertz CT molecular complexity index is 1040. The standard InChI is InChI=1S/C25H25N3O3/c1-31-22-11-5-10-20(13-22)24(19-8-3-2-4-9-19)27-25(30)21-14-23(29)28(17-21)16-18-7-6-12-26-15-18/h2-13,15,21,24H,14,16-17H2,1H3,(H,27,30)/t21-,24+/m1/s1. The van der Waals surface area contributed by atoms with Gasteiger partial charge in [-0.25, -0.2) is 0 Å². The number of rotatable bonds is 7. The Balaban J connectivity index is 1.50. The maximum atomic E-state index is 13.2. The lowest BCUT2D eigenvalue weighted by molar-refractivity contribution is -0.129. The molecule has 3 aromatic rings. The van der Waals surface area contributed by atoms with Crippen molar-refractivity contribution in [1.29, 1.82) is 0 Å². The second-order valence-electron chi connectivity index (χ2n) is 7.67. The summed E-state index contributed by atoms with van der Waals surface area (Å²) >= 11 is 0. The molecule has 0 saturated carbocycles. The van der Waals surface area contributed by atoms with Crippen LogP contribution in [0, 0.1) is 5.92 Å². The number of aromatic nitrogens is 1. The molecule has 0 aliphatic carbocycles. The van der Waals surface area contributed by atoms with Crippen LogP contribution in [-0.2, 0) is 16.1 Å². The highest BCUT2D eigenvalue weighted by Crippen LogP contribution is 2.27. The van der Waals surface area contributed by atoms with Crippen LogP contribution in [0.2, 0.25) is 0 Å². The normalized spacial score (nSPS) is 16.7. The van der Waals surface area contributed by atoms with Crippen molar-refractivity contribution in [3.8, 4) is 5.75 Å². The van der Waals surface area contributed by atoms with Crippen LogP contribution in [0.1, 0.15) is 29.2 Å². The molecule has 2 amide bonds. The fraction of sp³-hybridized carbons (Fsp3) is 0.240. The van der Waals surface area contributed by atoms with Crippen molar-refractivity contribution >= 4 is 11.8 Å². The Kier molecular flexibility index (Phi) is 6.26. The highest BCUT2D eigenvalue weighted by Gasteiger charge is 2.35. The predicted octanol–water partition coefficient (Wildman–Crippen LogP) is 3.34. The fourth-order valence-electron chi connectivity index (χ4n) is 3.90. The molecular weight excluding hydrogens is 390 g/mol. The summed E-state index contributed by atoms with van der Waals surface area (Å²) in [6, 6.07) is 20.9. The second-order valence-corrected chi connectivity index (χ2v) is 7.67. The molecule has 0 radical (unpaired) electrons. The van der Waals surface area contributed by atoms with Gasteiger partial charge in [-0.05, 0) is 34.9 Å². The molecule has 2 aromatic carbocycles. The van der Waals surface area contributed by atoms with Gasteiger partial charge in [0, 0.05) is 31.9 Å². The molecule has 6 nitrogen and oxygen atoms in total. The molecule has 1 N–H and O–H groups in total. The molecule has 2 heterocycles. The molecule has 1 aromatic heterocycles. The van der Waals surface area contributed by atoms with Gasteiger partial charge in [-0.3, -0.25) is 14.6 Å². The molecule has 1 saturated heterocycles. The zero-order valence-electron chi connectivity index (χ0n) is 17.4. The smallest absolute Gasteiger partial charge is 0.226 e. The zero-order chi connectivity index (χ0) is 21.6. The van der Waals surface area contributed by atoms with E-state index in [-0.39, 0.29) is 30.2 Å². The van der Waals surface area contributed by atoms with Crippen molar-refractivity contribution in [2.24, 2.45) is 5.92 Å². The number of pyridine rings is 1. The summed E-state index contributed by atoms with van der Waals surface area (Å²) in [5.41, 5.74) is 2.85. The van der Waals surface area contributed by atoms with Crippen LogP contribution in [-0.4, -0.2) is 35.4 Å². The highest BCUT2D eigenvalue weighted by atomic mass is 16.5. The molecule has 1 aliphatic heterocycles. The predicted molar refractivity (Wildman–Crippen MR) is 117 cm³/mol. The van der Waals surface area contributed by atoms with Crippen LogP contribution >= 0.6 is 0 Å². The third-order valence-corrected chi connectivity index (χ3v) is 5.53. The summed E-state index contributed by atoms with van der Waals surface area (Å²) < 4.78 is 5.36. The third-order valence-electron chi connectivity index (χ3n) is 5.53. The number of carbonyl (C=O) groups is 2. The molecular formula is C25H25N3O3. The van der Waals surface area contributed by atoms with Crippen LogP contribution < -0.4 is 10.1 Å². The highest BCUT2D eigenvalue weighted by molar-refractivity contribution is 5.89. The minimum atomic E-state index is -0.388. The van der Waals surface area contributed by atoms with Gasteiger partial charge in [0.1, 0.15) is 5.75 Å². The average Bonchev–Trinajstić information content (AvgIpc) is 3.19. The average molecular weight is 415 g/mol. The number of likely N-dealkylation sites (tertiary alicyclic amines) is 1. The number of nitrogens with one attached hydrogen (secondary N) is 1. The molecule has 1 fully saturated rings. The molecule has 0 unspecified atom stereocenters. The van der Waals surface area contributed by atoms with Crippen molar-refractivity contribution in [1.82, 2.24) is 15.2 Å². The number of hydrogen-bond donors (Lipinski definition) is 1. The summed E-state index contributed by atoms with van der Waals surface area (Å²) in [7, 11) is 1.62. The monoisotopic (exact) mass is 415 g/mol. The van der Waals surface area contributed by atoms with Gasteiger partial charge in [0.25, 0.3) is 0 Å². The van der Waals surface area contributed by atoms with Gasteiger partial charge in [-0.1, -0.05) is 48.5 Å². The van der Waals surface area contributed by atoms with Crippen molar-refractivity contribution in [3.05, 3.63) is 95.8 Å². The number of nitrogens with zero attached hydrogens (tertiary/aromatic N) is 2. The fourth-order valence-corrected chi connectivity index (χ4v) is 3.90. The van der Waals surface area contributed by atoms with E-state index in [9.17, 15) is 9.59 Å². The number of carbonyl (C=O) groups excluding carboxylic acids is 2. The number of amides is 2. The minimum absolute atomic E-state index is 0.0124. The SMILES string of the molecule is COc1cccc([C@@H](NC(=O)[C@@H]2CC(=O)N(Cc3cccnc3)C2)c2ccccc2)c1. The van der Waals surface area contributed by atoms with Crippen LogP contribution in [0.25, 0.3) is 0 Å². The first-order valence-corrected chi connectivity index (χ1v) is 10.3. The largest absolute Gasteiger partial charge is 0.497 e. The Hall–Kier alpha value is -3.67. The second kappa shape index (κ2) is 9.43. The Morgan fingerprint density at radius 1 is 1.13 bits per heavy atom. The topological polar surface area (TPSA) is 71.5 Å². The molecule has 1 aliphatic rings. The molecule has 6 heteroatoms. The van der Waals surface area contributed by atoms with Crippen molar-refractivity contribution in [2.45, 2.75) is 19.0 Å². The maximum absolute atomic E-state index is 13.2. The van der Waals surface area contributed by atoms with Crippen molar-refractivity contribution in [2.75, 3.05) is 13.7 Å².